The predicted molar refractivity (Wildman–Crippen MR) is 113 cm³/mol. The van der Waals surface area contributed by atoms with Gasteiger partial charge >= 0.3 is 0 Å². The molecule has 142 valence electrons. The van der Waals surface area contributed by atoms with Crippen LogP contribution in [0.4, 0.5) is 5.69 Å². The largest absolute Gasteiger partial charge is 0.497 e. The first-order valence-electron chi connectivity index (χ1n) is 9.15. The quantitative estimate of drug-likeness (QED) is 0.282. The van der Waals surface area contributed by atoms with Crippen molar-refractivity contribution < 1.29 is 14.2 Å². The molecule has 28 heavy (non-hydrogen) atoms. The van der Waals surface area contributed by atoms with Crippen molar-refractivity contribution in [2.75, 3.05) is 7.11 Å². The van der Waals surface area contributed by atoms with Gasteiger partial charge in [-0.25, -0.2) is 4.99 Å². The average Bonchev–Trinajstić information content (AvgIpc) is 2.76. The number of rotatable bonds is 7. The second kappa shape index (κ2) is 9.97. The van der Waals surface area contributed by atoms with Gasteiger partial charge in [-0.15, -0.1) is 0 Å². The molecule has 0 amide bonds. The summed E-state index contributed by atoms with van der Waals surface area (Å²) in [6.45, 7) is 2.04. The van der Waals surface area contributed by atoms with Crippen LogP contribution in [0.5, 0.6) is 17.2 Å². The van der Waals surface area contributed by atoms with Crippen LogP contribution >= 0.6 is 0 Å². The molecule has 0 aliphatic heterocycles. The Kier molecular flexibility index (Phi) is 6.85. The number of hydrogen-bond donors (Lipinski definition) is 0. The lowest BCUT2D eigenvalue weighted by Crippen LogP contribution is -2.12. The predicted octanol–water partition coefficient (Wildman–Crippen LogP) is 6.18. The Morgan fingerprint density at radius 3 is 2.00 bits per heavy atom. The Balaban J connectivity index is 1.88. The third-order valence-corrected chi connectivity index (χ3v) is 4.00. The highest BCUT2D eigenvalue weighted by Gasteiger charge is 2.10. The first-order valence-corrected chi connectivity index (χ1v) is 9.15. The van der Waals surface area contributed by atoms with Gasteiger partial charge in [-0.3, -0.25) is 0 Å². The minimum atomic E-state index is 0.508. The fraction of sp³-hybridized carbons (Fsp3) is 0.125. The van der Waals surface area contributed by atoms with E-state index in [4.69, 9.17) is 19.2 Å². The van der Waals surface area contributed by atoms with E-state index in [1.54, 1.807) is 13.4 Å². The molecule has 0 aliphatic rings. The van der Waals surface area contributed by atoms with Crippen molar-refractivity contribution in [1.29, 1.82) is 0 Å². The molecule has 0 fully saturated rings. The van der Waals surface area contributed by atoms with Crippen LogP contribution in [0, 0.1) is 0 Å². The van der Waals surface area contributed by atoms with E-state index in [0.717, 1.165) is 22.8 Å². The van der Waals surface area contributed by atoms with E-state index in [1.807, 2.05) is 91.9 Å². The van der Waals surface area contributed by atoms with Crippen molar-refractivity contribution in [3.8, 4) is 17.2 Å². The molecule has 0 aliphatic carbocycles. The lowest BCUT2D eigenvalue weighted by molar-refractivity contribution is 0.412. The molecule has 0 N–H and O–H groups in total. The molecule has 0 atom stereocenters. The van der Waals surface area contributed by atoms with Crippen LogP contribution in [0.25, 0.3) is 0 Å². The van der Waals surface area contributed by atoms with Gasteiger partial charge in [0.2, 0.25) is 5.90 Å². The first kappa shape index (κ1) is 19.2. The van der Waals surface area contributed by atoms with Crippen molar-refractivity contribution in [3.63, 3.8) is 0 Å². The third kappa shape index (κ3) is 5.48. The Morgan fingerprint density at radius 1 is 0.786 bits per heavy atom. The fourth-order valence-corrected chi connectivity index (χ4v) is 2.46. The summed E-state index contributed by atoms with van der Waals surface area (Å²) in [7, 11) is 1.64. The molecule has 3 aromatic carbocycles. The van der Waals surface area contributed by atoms with E-state index in [1.165, 1.54) is 0 Å². The summed E-state index contributed by atoms with van der Waals surface area (Å²) < 4.78 is 17.1. The van der Waals surface area contributed by atoms with Gasteiger partial charge in [0.15, 0.2) is 0 Å². The summed E-state index contributed by atoms with van der Waals surface area (Å²) in [5.74, 6) is 2.73. The van der Waals surface area contributed by atoms with E-state index >= 15 is 0 Å². The monoisotopic (exact) mass is 373 g/mol. The van der Waals surface area contributed by atoms with Crippen molar-refractivity contribution in [2.45, 2.75) is 13.3 Å². The lowest BCUT2D eigenvalue weighted by atomic mass is 10.2. The molecule has 0 saturated carbocycles. The molecule has 0 spiro atoms. The number of hydrogen-bond acceptors (Lipinski definition) is 4. The second-order valence-corrected chi connectivity index (χ2v) is 5.96. The number of nitrogens with zero attached hydrogens (tertiary/aromatic N) is 1. The summed E-state index contributed by atoms with van der Waals surface area (Å²) in [6, 6.07) is 26.8. The van der Waals surface area contributed by atoms with E-state index in [2.05, 4.69) is 0 Å². The molecule has 0 unspecified atom stereocenters. The summed E-state index contributed by atoms with van der Waals surface area (Å²) >= 11 is 0. The van der Waals surface area contributed by atoms with Gasteiger partial charge in [0.1, 0.15) is 17.2 Å². The number of methoxy groups -OCH3 is 1. The van der Waals surface area contributed by atoms with Gasteiger partial charge in [0.05, 0.1) is 19.1 Å². The molecule has 3 rings (SSSR count). The van der Waals surface area contributed by atoms with Crippen molar-refractivity contribution in [1.82, 2.24) is 0 Å². The molecule has 0 heterocycles. The maximum Gasteiger partial charge on any atom is 0.226 e. The molecule has 3 aromatic rings. The van der Waals surface area contributed by atoms with Gasteiger partial charge < -0.3 is 14.2 Å². The average molecular weight is 373 g/mol. The lowest BCUT2D eigenvalue weighted by Gasteiger charge is -2.12. The Bertz CT molecular complexity index is 917. The highest BCUT2D eigenvalue weighted by Crippen LogP contribution is 2.21. The minimum absolute atomic E-state index is 0.508. The highest BCUT2D eigenvalue weighted by molar-refractivity contribution is 5.96. The zero-order valence-corrected chi connectivity index (χ0v) is 16.0. The molecule has 4 heteroatoms. The molecule has 0 radical (unpaired) electrons. The Morgan fingerprint density at radius 2 is 1.39 bits per heavy atom. The molecular weight excluding hydrogens is 350 g/mol. The molecule has 0 saturated heterocycles. The first-order chi connectivity index (χ1) is 13.8. The molecule has 4 nitrogen and oxygen atoms in total. The SMILES string of the molecule is CCC(=C\Oc1ccc(OC)cc1)/C(=N/c1ccccc1)Oc1ccccc1. The van der Waals surface area contributed by atoms with E-state index < -0.39 is 0 Å². The van der Waals surface area contributed by atoms with Gasteiger partial charge in [0, 0.05) is 5.57 Å². The van der Waals surface area contributed by atoms with Gasteiger partial charge in [-0.1, -0.05) is 43.3 Å². The summed E-state index contributed by atoms with van der Waals surface area (Å²) in [6.07, 6.45) is 2.39. The standard InChI is InChI=1S/C24H23NO3/c1-3-19(18-27-22-16-14-21(26-2)15-17-22)24(25-20-10-6-4-7-11-20)28-23-12-8-5-9-13-23/h4-18H,3H2,1-2H3/b19-18+,25-24-. The van der Waals surface area contributed by atoms with Gasteiger partial charge in [-0.05, 0) is 55.0 Å². The number of benzene rings is 3. The molecular formula is C24H23NO3. The van der Waals surface area contributed by atoms with Crippen LogP contribution < -0.4 is 14.2 Å². The Labute approximate surface area is 165 Å². The molecule has 0 aromatic heterocycles. The minimum Gasteiger partial charge on any atom is -0.497 e. The number of aliphatic imine (C=N–C) groups is 1. The van der Waals surface area contributed by atoms with Gasteiger partial charge in [0.25, 0.3) is 0 Å². The maximum absolute atomic E-state index is 6.08. The smallest absolute Gasteiger partial charge is 0.226 e. The molecule has 0 bridgehead atoms. The number of ether oxygens (including phenoxy) is 3. The van der Waals surface area contributed by atoms with Crippen LogP contribution in [0.3, 0.4) is 0 Å². The maximum atomic E-state index is 6.08. The van der Waals surface area contributed by atoms with Crippen LogP contribution in [-0.4, -0.2) is 13.0 Å². The van der Waals surface area contributed by atoms with Crippen LogP contribution in [0.2, 0.25) is 0 Å². The van der Waals surface area contributed by atoms with Crippen LogP contribution in [-0.2, 0) is 0 Å². The summed E-state index contributed by atoms with van der Waals surface area (Å²) in [5, 5.41) is 0. The summed E-state index contributed by atoms with van der Waals surface area (Å²) in [4.78, 5) is 4.69. The van der Waals surface area contributed by atoms with Crippen LogP contribution in [0.15, 0.2) is 102 Å². The topological polar surface area (TPSA) is 40.0 Å². The fourth-order valence-electron chi connectivity index (χ4n) is 2.46. The highest BCUT2D eigenvalue weighted by atomic mass is 16.5. The third-order valence-electron chi connectivity index (χ3n) is 4.00. The Hall–Kier alpha value is -3.53. The van der Waals surface area contributed by atoms with Crippen LogP contribution in [0.1, 0.15) is 13.3 Å². The van der Waals surface area contributed by atoms with Crippen molar-refractivity contribution in [3.05, 3.63) is 96.8 Å². The van der Waals surface area contributed by atoms with E-state index in [-0.39, 0.29) is 0 Å². The number of para-hydroxylation sites is 2. The van der Waals surface area contributed by atoms with E-state index in [0.29, 0.717) is 18.1 Å². The summed E-state index contributed by atoms with van der Waals surface area (Å²) in [5.41, 5.74) is 1.67. The van der Waals surface area contributed by atoms with E-state index in [9.17, 15) is 0 Å². The zero-order chi connectivity index (χ0) is 19.6. The zero-order valence-electron chi connectivity index (χ0n) is 16.0. The van der Waals surface area contributed by atoms with Gasteiger partial charge in [-0.2, -0.15) is 0 Å². The second-order valence-electron chi connectivity index (χ2n) is 5.96. The van der Waals surface area contributed by atoms with Crippen molar-refractivity contribution >= 4 is 11.6 Å². The normalized spacial score (nSPS) is 11.8. The van der Waals surface area contributed by atoms with Crippen molar-refractivity contribution in [2.24, 2.45) is 4.99 Å².